The number of aryl methyl sites for hydroxylation is 3. The van der Waals surface area contributed by atoms with Crippen LogP contribution in [0.4, 0.5) is 0 Å². The number of hydrogen-bond acceptors (Lipinski definition) is 6. The molecule has 2 aromatic rings. The second kappa shape index (κ2) is 7.03. The Labute approximate surface area is 146 Å². The Balaban J connectivity index is 1.63. The van der Waals surface area contributed by atoms with Crippen molar-refractivity contribution < 1.29 is 9.21 Å². The Hall–Kier alpha value is -1.73. The van der Waals surface area contributed by atoms with Crippen LogP contribution in [0.1, 0.15) is 40.6 Å². The number of rotatable bonds is 5. The third-order valence-electron chi connectivity index (χ3n) is 4.43. The molecule has 7 heteroatoms. The predicted octanol–water partition coefficient (Wildman–Crippen LogP) is 2.68. The van der Waals surface area contributed by atoms with E-state index in [-0.39, 0.29) is 11.9 Å². The fraction of sp³-hybridized carbons (Fsp3) is 0.588. The van der Waals surface area contributed by atoms with Crippen molar-refractivity contribution in [3.05, 3.63) is 33.4 Å². The van der Waals surface area contributed by atoms with Gasteiger partial charge < -0.3 is 9.32 Å². The van der Waals surface area contributed by atoms with Crippen LogP contribution in [0.25, 0.3) is 0 Å². The molecule has 0 aromatic carbocycles. The molecule has 1 fully saturated rings. The van der Waals surface area contributed by atoms with Gasteiger partial charge in [0.2, 0.25) is 11.8 Å². The van der Waals surface area contributed by atoms with Crippen molar-refractivity contribution in [1.82, 2.24) is 19.8 Å². The third kappa shape index (κ3) is 3.84. The summed E-state index contributed by atoms with van der Waals surface area (Å²) in [5.74, 6) is 1.45. The van der Waals surface area contributed by atoms with Crippen molar-refractivity contribution in [3.8, 4) is 0 Å². The quantitative estimate of drug-likeness (QED) is 0.831. The summed E-state index contributed by atoms with van der Waals surface area (Å²) in [4.78, 5) is 26.4. The highest BCUT2D eigenvalue weighted by molar-refractivity contribution is 7.11. The van der Waals surface area contributed by atoms with Gasteiger partial charge in [-0.3, -0.25) is 9.69 Å². The number of thiazole rings is 1. The number of aromatic nitrogens is 2. The van der Waals surface area contributed by atoms with Crippen LogP contribution in [0.5, 0.6) is 0 Å². The van der Waals surface area contributed by atoms with E-state index in [1.54, 1.807) is 24.5 Å². The SMILES string of the molecule is CC(=O)N(Cc1ncc(C)o1)[C@H]1CCN(Cc2sc(C)nc2C)C1. The lowest BCUT2D eigenvalue weighted by Gasteiger charge is -2.27. The average Bonchev–Trinajstić information content (AvgIpc) is 3.19. The minimum atomic E-state index is 0.0718. The first-order chi connectivity index (χ1) is 11.4. The number of oxazole rings is 1. The van der Waals surface area contributed by atoms with Gasteiger partial charge in [-0.05, 0) is 27.2 Å². The summed E-state index contributed by atoms with van der Waals surface area (Å²) in [6.45, 7) is 10.8. The van der Waals surface area contributed by atoms with Gasteiger partial charge in [0.05, 0.1) is 23.4 Å². The molecular formula is C17H24N4O2S. The summed E-state index contributed by atoms with van der Waals surface area (Å²) in [6, 6.07) is 0.212. The van der Waals surface area contributed by atoms with Gasteiger partial charge in [-0.1, -0.05) is 0 Å². The summed E-state index contributed by atoms with van der Waals surface area (Å²) in [6.07, 6.45) is 2.68. The Morgan fingerprint density at radius 2 is 2.25 bits per heavy atom. The van der Waals surface area contributed by atoms with E-state index in [0.717, 1.165) is 42.5 Å². The van der Waals surface area contributed by atoms with Gasteiger partial charge in [-0.2, -0.15) is 0 Å². The molecule has 1 saturated heterocycles. The Kier molecular flexibility index (Phi) is 5.01. The molecule has 0 spiro atoms. The van der Waals surface area contributed by atoms with Crippen LogP contribution in [0, 0.1) is 20.8 Å². The molecular weight excluding hydrogens is 324 g/mol. The highest BCUT2D eigenvalue weighted by atomic mass is 32.1. The molecule has 3 rings (SSSR count). The monoisotopic (exact) mass is 348 g/mol. The summed E-state index contributed by atoms with van der Waals surface area (Å²) < 4.78 is 5.54. The Morgan fingerprint density at radius 3 is 2.83 bits per heavy atom. The van der Waals surface area contributed by atoms with E-state index in [2.05, 4.69) is 21.8 Å². The first-order valence-corrected chi connectivity index (χ1v) is 9.08. The number of carbonyl (C=O) groups is 1. The first-order valence-electron chi connectivity index (χ1n) is 8.26. The normalized spacial score (nSPS) is 18.2. The van der Waals surface area contributed by atoms with Crippen molar-refractivity contribution in [2.45, 2.75) is 53.2 Å². The van der Waals surface area contributed by atoms with E-state index in [9.17, 15) is 4.79 Å². The van der Waals surface area contributed by atoms with Gasteiger partial charge >= 0.3 is 0 Å². The molecule has 1 amide bonds. The summed E-state index contributed by atoms with van der Waals surface area (Å²) in [7, 11) is 0. The van der Waals surface area contributed by atoms with Crippen LogP contribution >= 0.6 is 11.3 Å². The van der Waals surface area contributed by atoms with Crippen molar-refractivity contribution in [1.29, 1.82) is 0 Å². The van der Waals surface area contributed by atoms with Crippen LogP contribution in [0.15, 0.2) is 10.6 Å². The maximum Gasteiger partial charge on any atom is 0.220 e. The topological polar surface area (TPSA) is 62.5 Å². The van der Waals surface area contributed by atoms with Gasteiger partial charge in [-0.15, -0.1) is 11.3 Å². The molecule has 0 aliphatic carbocycles. The minimum Gasteiger partial charge on any atom is -0.444 e. The summed E-state index contributed by atoms with van der Waals surface area (Å²) in [5.41, 5.74) is 1.12. The predicted molar refractivity (Wildman–Crippen MR) is 92.7 cm³/mol. The maximum atomic E-state index is 12.1. The molecule has 24 heavy (non-hydrogen) atoms. The van der Waals surface area contributed by atoms with Gasteiger partial charge in [-0.25, -0.2) is 9.97 Å². The van der Waals surface area contributed by atoms with Gasteiger partial charge in [0.1, 0.15) is 5.76 Å². The zero-order valence-electron chi connectivity index (χ0n) is 14.7. The van der Waals surface area contributed by atoms with Crippen molar-refractivity contribution in [2.75, 3.05) is 13.1 Å². The molecule has 0 radical (unpaired) electrons. The van der Waals surface area contributed by atoms with Crippen LogP contribution in [0.3, 0.4) is 0 Å². The molecule has 1 aliphatic rings. The molecule has 3 heterocycles. The number of likely N-dealkylation sites (tertiary alicyclic amines) is 1. The lowest BCUT2D eigenvalue weighted by Crippen LogP contribution is -2.40. The third-order valence-corrected chi connectivity index (χ3v) is 5.49. The molecule has 0 N–H and O–H groups in total. The molecule has 2 aromatic heterocycles. The molecule has 6 nitrogen and oxygen atoms in total. The Bertz CT molecular complexity index is 724. The van der Waals surface area contributed by atoms with Crippen molar-refractivity contribution in [3.63, 3.8) is 0 Å². The number of nitrogens with zero attached hydrogens (tertiary/aromatic N) is 4. The second-order valence-corrected chi connectivity index (χ2v) is 7.72. The van der Waals surface area contributed by atoms with Gasteiger partial charge in [0.25, 0.3) is 0 Å². The number of amides is 1. The van der Waals surface area contributed by atoms with E-state index < -0.39 is 0 Å². The average molecular weight is 348 g/mol. The van der Waals surface area contributed by atoms with Crippen LogP contribution in [-0.2, 0) is 17.9 Å². The van der Waals surface area contributed by atoms with E-state index >= 15 is 0 Å². The fourth-order valence-corrected chi connectivity index (χ4v) is 4.23. The maximum absolute atomic E-state index is 12.1. The minimum absolute atomic E-state index is 0.0718. The van der Waals surface area contributed by atoms with E-state index in [1.165, 1.54) is 4.88 Å². The number of hydrogen-bond donors (Lipinski definition) is 0. The summed E-state index contributed by atoms with van der Waals surface area (Å²) >= 11 is 1.76. The molecule has 0 unspecified atom stereocenters. The van der Waals surface area contributed by atoms with Crippen molar-refractivity contribution in [2.24, 2.45) is 0 Å². The van der Waals surface area contributed by atoms with E-state index in [1.807, 2.05) is 18.7 Å². The smallest absolute Gasteiger partial charge is 0.220 e. The molecule has 130 valence electrons. The highest BCUT2D eigenvalue weighted by Gasteiger charge is 2.30. The Morgan fingerprint density at radius 1 is 1.46 bits per heavy atom. The largest absolute Gasteiger partial charge is 0.444 e. The van der Waals surface area contributed by atoms with Gasteiger partial charge in [0, 0.05) is 37.5 Å². The zero-order valence-corrected chi connectivity index (χ0v) is 15.5. The number of carbonyl (C=O) groups excluding carboxylic acids is 1. The van der Waals surface area contributed by atoms with Crippen molar-refractivity contribution >= 4 is 17.2 Å². The first kappa shape index (κ1) is 17.1. The lowest BCUT2D eigenvalue weighted by atomic mass is 10.2. The molecule has 1 aliphatic heterocycles. The van der Waals surface area contributed by atoms with Crippen LogP contribution in [0.2, 0.25) is 0 Å². The van der Waals surface area contributed by atoms with Gasteiger partial charge in [0.15, 0.2) is 0 Å². The second-order valence-electron chi connectivity index (χ2n) is 6.43. The molecule has 1 atom stereocenters. The molecule has 0 saturated carbocycles. The van der Waals surface area contributed by atoms with E-state index in [4.69, 9.17) is 4.42 Å². The highest BCUT2D eigenvalue weighted by Crippen LogP contribution is 2.24. The van der Waals surface area contributed by atoms with Crippen LogP contribution < -0.4 is 0 Å². The fourth-order valence-electron chi connectivity index (χ4n) is 3.25. The van der Waals surface area contributed by atoms with E-state index in [0.29, 0.717) is 12.4 Å². The van der Waals surface area contributed by atoms with Crippen LogP contribution in [-0.4, -0.2) is 44.8 Å². The molecule has 0 bridgehead atoms. The zero-order chi connectivity index (χ0) is 17.3. The summed E-state index contributed by atoms with van der Waals surface area (Å²) in [5, 5.41) is 1.11. The standard InChI is InChI=1S/C17H24N4O2S/c1-11-7-18-17(23-11)10-21(14(4)22)15-5-6-20(8-15)9-16-12(2)19-13(3)24-16/h7,15H,5-6,8-10H2,1-4H3/t15-/m0/s1. The lowest BCUT2D eigenvalue weighted by molar-refractivity contribution is -0.132.